The van der Waals surface area contributed by atoms with Crippen molar-refractivity contribution >= 4 is 58.2 Å². The third kappa shape index (κ3) is 8.54. The summed E-state index contributed by atoms with van der Waals surface area (Å²) in [5.74, 6) is -0.446. The summed E-state index contributed by atoms with van der Waals surface area (Å²) in [6.45, 7) is 5.29. The molecule has 3 rings (SSSR count). The van der Waals surface area contributed by atoms with Crippen LogP contribution in [0.5, 0.6) is 5.75 Å². The van der Waals surface area contributed by atoms with E-state index in [9.17, 15) is 9.59 Å². The van der Waals surface area contributed by atoms with Crippen LogP contribution in [0, 0.1) is 0 Å². The number of ether oxygens (including phenoxy) is 1. The van der Waals surface area contributed by atoms with Crippen LogP contribution in [0.3, 0.4) is 0 Å². The number of hydrogen-bond acceptors (Lipinski definition) is 3. The average molecular weight is 582 g/mol. The molecule has 0 aliphatic rings. The van der Waals surface area contributed by atoms with E-state index in [0.717, 1.165) is 5.56 Å². The summed E-state index contributed by atoms with van der Waals surface area (Å²) in [5.41, 5.74) is 0.905. The summed E-state index contributed by atoms with van der Waals surface area (Å²) in [6.07, 6.45) is 0.276. The topological polar surface area (TPSA) is 58.6 Å². The lowest BCUT2D eigenvalue weighted by Gasteiger charge is -2.34. The Hall–Kier alpha value is -2.44. The van der Waals surface area contributed by atoms with Crippen LogP contribution in [0.1, 0.15) is 31.9 Å². The van der Waals surface area contributed by atoms with Crippen molar-refractivity contribution in [2.75, 3.05) is 6.61 Å². The summed E-state index contributed by atoms with van der Waals surface area (Å²) in [6, 6.07) is 18.4. The molecule has 2 amide bonds. The molecule has 0 bridgehead atoms. The highest BCUT2D eigenvalue weighted by Gasteiger charge is 2.33. The molecular formula is C28H28Cl4N2O3. The summed E-state index contributed by atoms with van der Waals surface area (Å²) in [7, 11) is 0. The highest BCUT2D eigenvalue weighted by Crippen LogP contribution is 2.29. The Morgan fingerprint density at radius 2 is 1.54 bits per heavy atom. The highest BCUT2D eigenvalue weighted by molar-refractivity contribution is 6.36. The maximum atomic E-state index is 13.7. The van der Waals surface area contributed by atoms with E-state index in [1.165, 1.54) is 11.0 Å². The second kappa shape index (κ2) is 12.9. The Kier molecular flexibility index (Phi) is 10.1. The molecule has 5 nitrogen and oxygen atoms in total. The van der Waals surface area contributed by atoms with Crippen molar-refractivity contribution in [1.29, 1.82) is 0 Å². The molecule has 0 spiro atoms. The Labute approximate surface area is 237 Å². The van der Waals surface area contributed by atoms with Crippen molar-refractivity contribution in [3.05, 3.63) is 97.9 Å². The third-order valence-electron chi connectivity index (χ3n) is 5.40. The van der Waals surface area contributed by atoms with Crippen molar-refractivity contribution in [3.63, 3.8) is 0 Å². The standard InChI is InChI=1S/C28H28Cl4N2O3/c1-28(2,3)33-27(36)24(14-18-8-5-4-6-9-18)34(16-20-21(30)10-7-11-22(20)31)26(35)17-37-25-13-12-19(29)15-23(25)32/h4-13,15,24H,14,16-17H2,1-3H3,(H,33,36). The van der Waals surface area contributed by atoms with Gasteiger partial charge in [-0.15, -0.1) is 0 Å². The van der Waals surface area contributed by atoms with Gasteiger partial charge < -0.3 is 15.0 Å². The molecule has 9 heteroatoms. The first-order valence-electron chi connectivity index (χ1n) is 11.6. The van der Waals surface area contributed by atoms with Gasteiger partial charge in [-0.25, -0.2) is 0 Å². The molecule has 0 radical (unpaired) electrons. The Morgan fingerprint density at radius 3 is 2.14 bits per heavy atom. The minimum atomic E-state index is -0.870. The fourth-order valence-corrected chi connectivity index (χ4v) is 4.66. The zero-order valence-electron chi connectivity index (χ0n) is 20.7. The number of hydrogen-bond donors (Lipinski definition) is 1. The second-order valence-corrected chi connectivity index (χ2v) is 11.2. The lowest BCUT2D eigenvalue weighted by Crippen LogP contribution is -2.55. The number of nitrogens with one attached hydrogen (secondary N) is 1. The van der Waals surface area contributed by atoms with E-state index in [0.29, 0.717) is 26.4 Å². The summed E-state index contributed by atoms with van der Waals surface area (Å²) in [5, 5.41) is 4.50. The molecule has 1 N–H and O–H groups in total. The molecule has 37 heavy (non-hydrogen) atoms. The van der Waals surface area contributed by atoms with Crippen molar-refractivity contribution in [2.24, 2.45) is 0 Å². The van der Waals surface area contributed by atoms with Gasteiger partial charge in [-0.1, -0.05) is 82.8 Å². The monoisotopic (exact) mass is 580 g/mol. The van der Waals surface area contributed by atoms with Crippen LogP contribution < -0.4 is 10.1 Å². The molecule has 0 saturated carbocycles. The fraction of sp³-hybridized carbons (Fsp3) is 0.286. The van der Waals surface area contributed by atoms with Gasteiger partial charge in [-0.3, -0.25) is 9.59 Å². The molecule has 1 atom stereocenters. The number of nitrogens with zero attached hydrogens (tertiary/aromatic N) is 1. The molecule has 0 fully saturated rings. The van der Waals surface area contributed by atoms with Gasteiger partial charge in [-0.05, 0) is 56.7 Å². The molecule has 3 aromatic carbocycles. The van der Waals surface area contributed by atoms with E-state index in [4.69, 9.17) is 51.1 Å². The van der Waals surface area contributed by atoms with E-state index in [-0.39, 0.29) is 30.5 Å². The first kappa shape index (κ1) is 29.1. The molecule has 1 unspecified atom stereocenters. The van der Waals surface area contributed by atoms with Gasteiger partial charge >= 0.3 is 0 Å². The lowest BCUT2D eigenvalue weighted by atomic mass is 10.0. The number of amides is 2. The van der Waals surface area contributed by atoms with E-state index >= 15 is 0 Å². The highest BCUT2D eigenvalue weighted by atomic mass is 35.5. The van der Waals surface area contributed by atoms with Crippen molar-refractivity contribution in [3.8, 4) is 5.75 Å². The van der Waals surface area contributed by atoms with Crippen molar-refractivity contribution in [2.45, 2.75) is 45.3 Å². The zero-order chi connectivity index (χ0) is 27.2. The van der Waals surface area contributed by atoms with Crippen molar-refractivity contribution in [1.82, 2.24) is 10.2 Å². The molecule has 0 saturated heterocycles. The van der Waals surface area contributed by atoms with Crippen LogP contribution in [0.25, 0.3) is 0 Å². The van der Waals surface area contributed by atoms with E-state index in [2.05, 4.69) is 5.32 Å². The van der Waals surface area contributed by atoms with Crippen LogP contribution in [0.15, 0.2) is 66.7 Å². The van der Waals surface area contributed by atoms with Gasteiger partial charge in [0.15, 0.2) is 6.61 Å². The minimum Gasteiger partial charge on any atom is -0.482 e. The average Bonchev–Trinajstić information content (AvgIpc) is 2.81. The molecular weight excluding hydrogens is 554 g/mol. The number of carbonyl (C=O) groups is 2. The normalized spacial score (nSPS) is 12.1. The summed E-state index contributed by atoms with van der Waals surface area (Å²) < 4.78 is 5.73. The van der Waals surface area contributed by atoms with Crippen LogP contribution in [-0.2, 0) is 22.6 Å². The molecule has 0 heterocycles. The van der Waals surface area contributed by atoms with Gasteiger partial charge in [0, 0.05) is 39.1 Å². The summed E-state index contributed by atoms with van der Waals surface area (Å²) >= 11 is 25.1. The molecule has 196 valence electrons. The first-order chi connectivity index (χ1) is 17.4. The minimum absolute atomic E-state index is 0.00408. The van der Waals surface area contributed by atoms with E-state index < -0.39 is 17.5 Å². The van der Waals surface area contributed by atoms with Gasteiger partial charge in [0.25, 0.3) is 5.91 Å². The Balaban J connectivity index is 1.99. The van der Waals surface area contributed by atoms with Crippen LogP contribution in [0.4, 0.5) is 0 Å². The zero-order valence-corrected chi connectivity index (χ0v) is 23.8. The maximum absolute atomic E-state index is 13.7. The van der Waals surface area contributed by atoms with Gasteiger partial charge in [0.2, 0.25) is 5.91 Å². The van der Waals surface area contributed by atoms with Gasteiger partial charge in [0.1, 0.15) is 11.8 Å². The Morgan fingerprint density at radius 1 is 0.892 bits per heavy atom. The molecule has 0 aromatic heterocycles. The number of carbonyl (C=O) groups excluding carboxylic acids is 2. The van der Waals surface area contributed by atoms with Crippen LogP contribution >= 0.6 is 46.4 Å². The predicted molar refractivity (Wildman–Crippen MR) is 151 cm³/mol. The summed E-state index contributed by atoms with van der Waals surface area (Å²) in [4.78, 5) is 28.7. The molecule has 0 aliphatic carbocycles. The fourth-order valence-electron chi connectivity index (χ4n) is 3.68. The maximum Gasteiger partial charge on any atom is 0.261 e. The van der Waals surface area contributed by atoms with Crippen LogP contribution in [0.2, 0.25) is 20.1 Å². The Bertz CT molecular complexity index is 1230. The van der Waals surface area contributed by atoms with Crippen molar-refractivity contribution < 1.29 is 14.3 Å². The number of halogens is 4. The number of rotatable bonds is 9. The van der Waals surface area contributed by atoms with E-state index in [1.807, 2.05) is 51.1 Å². The largest absolute Gasteiger partial charge is 0.482 e. The first-order valence-corrected chi connectivity index (χ1v) is 13.1. The lowest BCUT2D eigenvalue weighted by molar-refractivity contribution is -0.143. The third-order valence-corrected chi connectivity index (χ3v) is 6.64. The van der Waals surface area contributed by atoms with E-state index in [1.54, 1.807) is 30.3 Å². The smallest absolute Gasteiger partial charge is 0.261 e. The van der Waals surface area contributed by atoms with Crippen LogP contribution in [-0.4, -0.2) is 34.9 Å². The van der Waals surface area contributed by atoms with Gasteiger partial charge in [0.05, 0.1) is 5.02 Å². The SMILES string of the molecule is CC(C)(C)NC(=O)C(Cc1ccccc1)N(Cc1c(Cl)cccc1Cl)C(=O)COc1ccc(Cl)cc1Cl. The number of benzene rings is 3. The van der Waals surface area contributed by atoms with Gasteiger partial charge in [-0.2, -0.15) is 0 Å². The molecule has 3 aromatic rings. The predicted octanol–water partition coefficient (Wildman–Crippen LogP) is 7.23. The second-order valence-electron chi connectivity index (χ2n) is 9.53. The molecule has 0 aliphatic heterocycles. The quantitative estimate of drug-likeness (QED) is 0.290.